The maximum absolute atomic E-state index is 12.7. The molecule has 0 aromatic heterocycles. The number of halogens is 1. The van der Waals surface area contributed by atoms with E-state index in [9.17, 15) is 4.79 Å². The Morgan fingerprint density at radius 3 is 2.40 bits per heavy atom. The first-order chi connectivity index (χ1) is 9.58. The van der Waals surface area contributed by atoms with E-state index in [0.29, 0.717) is 21.5 Å². The quantitative estimate of drug-likeness (QED) is 0.854. The van der Waals surface area contributed by atoms with Gasteiger partial charge in [-0.2, -0.15) is 0 Å². The first-order valence-electron chi connectivity index (χ1n) is 6.78. The van der Waals surface area contributed by atoms with Crippen LogP contribution in [-0.4, -0.2) is 26.0 Å². The van der Waals surface area contributed by atoms with E-state index in [1.807, 2.05) is 0 Å². The molecule has 20 heavy (non-hydrogen) atoms. The Kier molecular flexibility index (Phi) is 5.05. The fourth-order valence-corrected chi connectivity index (χ4v) is 3.36. The minimum Gasteiger partial charge on any atom is -0.495 e. The van der Waals surface area contributed by atoms with Crippen molar-refractivity contribution < 1.29 is 14.3 Å². The van der Waals surface area contributed by atoms with Crippen LogP contribution in [0, 0.1) is 5.92 Å². The van der Waals surface area contributed by atoms with Crippen molar-refractivity contribution in [2.75, 3.05) is 14.2 Å². The number of rotatable bonds is 4. The summed E-state index contributed by atoms with van der Waals surface area (Å²) in [5.41, 5.74) is 6.51. The van der Waals surface area contributed by atoms with Crippen molar-refractivity contribution in [3.8, 4) is 11.5 Å². The number of carbonyl (C=O) groups excluding carboxylic acids is 1. The van der Waals surface area contributed by atoms with Gasteiger partial charge in [0.2, 0.25) is 0 Å². The number of ether oxygens (including phenoxy) is 2. The smallest absolute Gasteiger partial charge is 0.169 e. The van der Waals surface area contributed by atoms with Crippen LogP contribution in [0.1, 0.15) is 36.0 Å². The zero-order valence-electron chi connectivity index (χ0n) is 11.8. The summed E-state index contributed by atoms with van der Waals surface area (Å²) in [6, 6.07) is 3.80. The van der Waals surface area contributed by atoms with Crippen molar-refractivity contribution in [3.63, 3.8) is 0 Å². The Morgan fingerprint density at radius 2 is 1.85 bits per heavy atom. The molecule has 2 N–H and O–H groups in total. The molecule has 0 unspecified atom stereocenters. The van der Waals surface area contributed by atoms with Gasteiger partial charge in [-0.3, -0.25) is 4.79 Å². The van der Waals surface area contributed by atoms with Crippen LogP contribution in [-0.2, 0) is 0 Å². The van der Waals surface area contributed by atoms with Crippen molar-refractivity contribution >= 4 is 21.7 Å². The largest absolute Gasteiger partial charge is 0.495 e. The topological polar surface area (TPSA) is 61.5 Å². The van der Waals surface area contributed by atoms with Gasteiger partial charge >= 0.3 is 0 Å². The van der Waals surface area contributed by atoms with Crippen molar-refractivity contribution in [1.82, 2.24) is 0 Å². The van der Waals surface area contributed by atoms with Crippen molar-refractivity contribution in [3.05, 3.63) is 22.2 Å². The number of methoxy groups -OCH3 is 2. The van der Waals surface area contributed by atoms with E-state index < -0.39 is 0 Å². The van der Waals surface area contributed by atoms with E-state index in [4.69, 9.17) is 15.2 Å². The van der Waals surface area contributed by atoms with Crippen LogP contribution in [0.15, 0.2) is 16.6 Å². The molecule has 1 fully saturated rings. The number of carbonyl (C=O) groups is 1. The predicted octanol–water partition coefficient (Wildman–Crippen LogP) is 3.17. The maximum atomic E-state index is 12.7. The molecule has 5 heteroatoms. The van der Waals surface area contributed by atoms with Crippen molar-refractivity contribution in [1.29, 1.82) is 0 Å². The average Bonchev–Trinajstić information content (AvgIpc) is 2.47. The van der Waals surface area contributed by atoms with E-state index >= 15 is 0 Å². The lowest BCUT2D eigenvalue weighted by Gasteiger charge is -2.25. The van der Waals surface area contributed by atoms with Crippen LogP contribution < -0.4 is 15.2 Å². The van der Waals surface area contributed by atoms with Crippen LogP contribution in [0.5, 0.6) is 11.5 Å². The molecule has 1 aliphatic carbocycles. The van der Waals surface area contributed by atoms with Gasteiger partial charge in [-0.1, -0.05) is 0 Å². The van der Waals surface area contributed by atoms with E-state index in [2.05, 4.69) is 15.9 Å². The highest BCUT2D eigenvalue weighted by Crippen LogP contribution is 2.39. The monoisotopic (exact) mass is 341 g/mol. The highest BCUT2D eigenvalue weighted by atomic mass is 79.9. The number of hydrogen-bond acceptors (Lipinski definition) is 4. The minimum atomic E-state index is 0.0454. The molecule has 1 aromatic carbocycles. The summed E-state index contributed by atoms with van der Waals surface area (Å²) in [4.78, 5) is 12.7. The average molecular weight is 342 g/mol. The second-order valence-corrected chi connectivity index (χ2v) is 5.93. The fourth-order valence-electron chi connectivity index (χ4n) is 2.69. The highest BCUT2D eigenvalue weighted by Gasteiger charge is 2.28. The first kappa shape index (κ1) is 15.3. The van der Waals surface area contributed by atoms with Gasteiger partial charge in [-0.15, -0.1) is 0 Å². The maximum Gasteiger partial charge on any atom is 0.169 e. The molecule has 0 spiro atoms. The molecule has 0 heterocycles. The molecular weight excluding hydrogens is 322 g/mol. The standard InChI is InChI=1S/C15H20BrNO3/c1-19-12-8-7-11(15(20-2)13(12)16)14(18)9-3-5-10(17)6-4-9/h7-10H,3-6,17H2,1-2H3. The molecule has 1 aromatic rings. The number of hydrogen-bond donors (Lipinski definition) is 1. The summed E-state index contributed by atoms with van der Waals surface area (Å²) in [5, 5.41) is 0. The Labute approximate surface area is 127 Å². The molecular formula is C15H20BrNO3. The lowest BCUT2D eigenvalue weighted by atomic mass is 9.81. The van der Waals surface area contributed by atoms with Crippen LogP contribution >= 0.6 is 15.9 Å². The SMILES string of the molecule is COc1ccc(C(=O)C2CCC(N)CC2)c(OC)c1Br. The number of ketones is 1. The Hall–Kier alpha value is -1.07. The normalized spacial score (nSPS) is 22.4. The summed E-state index contributed by atoms with van der Waals surface area (Å²) in [6.07, 6.45) is 3.53. The summed E-state index contributed by atoms with van der Waals surface area (Å²) in [6.45, 7) is 0. The van der Waals surface area contributed by atoms with E-state index in [0.717, 1.165) is 25.7 Å². The van der Waals surface area contributed by atoms with Gasteiger partial charge in [0, 0.05) is 12.0 Å². The van der Waals surface area contributed by atoms with Crippen LogP contribution in [0.4, 0.5) is 0 Å². The van der Waals surface area contributed by atoms with Crippen molar-refractivity contribution in [2.45, 2.75) is 31.7 Å². The summed E-state index contributed by atoms with van der Waals surface area (Å²) in [7, 11) is 3.15. The van der Waals surface area contributed by atoms with Crippen LogP contribution in [0.25, 0.3) is 0 Å². The molecule has 110 valence electrons. The molecule has 1 saturated carbocycles. The molecule has 0 aliphatic heterocycles. The summed E-state index contributed by atoms with van der Waals surface area (Å²) >= 11 is 3.43. The third-order valence-electron chi connectivity index (χ3n) is 3.89. The molecule has 0 bridgehead atoms. The number of benzene rings is 1. The molecule has 4 nitrogen and oxygen atoms in total. The Balaban J connectivity index is 2.28. The third-order valence-corrected chi connectivity index (χ3v) is 4.64. The molecule has 0 radical (unpaired) electrons. The zero-order valence-corrected chi connectivity index (χ0v) is 13.4. The fraction of sp³-hybridized carbons (Fsp3) is 0.533. The summed E-state index contributed by atoms with van der Waals surface area (Å²) in [5.74, 6) is 1.38. The van der Waals surface area contributed by atoms with Crippen LogP contribution in [0.2, 0.25) is 0 Å². The van der Waals surface area contributed by atoms with Gasteiger partial charge in [0.25, 0.3) is 0 Å². The predicted molar refractivity (Wildman–Crippen MR) is 81.5 cm³/mol. The molecule has 2 rings (SSSR count). The van der Waals surface area contributed by atoms with Gasteiger partial charge < -0.3 is 15.2 Å². The van der Waals surface area contributed by atoms with E-state index in [1.165, 1.54) is 0 Å². The number of nitrogens with two attached hydrogens (primary N) is 1. The zero-order chi connectivity index (χ0) is 14.7. The van der Waals surface area contributed by atoms with E-state index in [-0.39, 0.29) is 17.7 Å². The Bertz CT molecular complexity index is 496. The van der Waals surface area contributed by atoms with Gasteiger partial charge in [-0.25, -0.2) is 0 Å². The molecule has 1 aliphatic rings. The number of Topliss-reactive ketones (excluding diaryl/α,β-unsaturated/α-hetero) is 1. The highest BCUT2D eigenvalue weighted by molar-refractivity contribution is 9.10. The van der Waals surface area contributed by atoms with E-state index in [1.54, 1.807) is 26.4 Å². The second-order valence-electron chi connectivity index (χ2n) is 5.14. The van der Waals surface area contributed by atoms with Gasteiger partial charge in [0.05, 0.1) is 19.8 Å². The first-order valence-corrected chi connectivity index (χ1v) is 7.58. The summed E-state index contributed by atoms with van der Waals surface area (Å²) < 4.78 is 11.3. The van der Waals surface area contributed by atoms with Gasteiger partial charge in [0.15, 0.2) is 5.78 Å². The van der Waals surface area contributed by atoms with Crippen LogP contribution in [0.3, 0.4) is 0 Å². The second kappa shape index (κ2) is 6.59. The molecule has 0 saturated heterocycles. The third kappa shape index (κ3) is 2.99. The van der Waals surface area contributed by atoms with Gasteiger partial charge in [0.1, 0.15) is 16.0 Å². The van der Waals surface area contributed by atoms with Gasteiger partial charge in [-0.05, 0) is 53.7 Å². The minimum absolute atomic E-state index is 0.0454. The molecule has 0 amide bonds. The lowest BCUT2D eigenvalue weighted by molar-refractivity contribution is 0.0881. The lowest BCUT2D eigenvalue weighted by Crippen LogP contribution is -2.30. The molecule has 0 atom stereocenters. The van der Waals surface area contributed by atoms with Crippen molar-refractivity contribution in [2.24, 2.45) is 11.7 Å². The Morgan fingerprint density at radius 1 is 1.20 bits per heavy atom.